The van der Waals surface area contributed by atoms with E-state index < -0.39 is 11.7 Å². The summed E-state index contributed by atoms with van der Waals surface area (Å²) in [4.78, 5) is 4.21. The Balaban J connectivity index is 2.95. The summed E-state index contributed by atoms with van der Waals surface area (Å²) in [6.45, 7) is 6.62. The maximum Gasteiger partial charge on any atom is 0.416 e. The Kier molecular flexibility index (Phi) is 5.97. The number of hydrogen-bond donors (Lipinski definition) is 1. The van der Waals surface area contributed by atoms with Crippen molar-refractivity contribution >= 4 is 17.6 Å². The molecule has 0 amide bonds. The molecule has 1 heterocycles. The molecule has 0 bridgehead atoms. The molecular formula is C13H19F3N2S. The zero-order chi connectivity index (χ0) is 14.5. The highest BCUT2D eigenvalue weighted by Gasteiger charge is 2.31. The Labute approximate surface area is 116 Å². The molecule has 1 aromatic rings. The first kappa shape index (κ1) is 16.1. The number of pyridine rings is 1. The van der Waals surface area contributed by atoms with Crippen molar-refractivity contribution in [3.8, 4) is 0 Å². The van der Waals surface area contributed by atoms with E-state index in [0.717, 1.165) is 24.3 Å². The van der Waals surface area contributed by atoms with Gasteiger partial charge < -0.3 is 5.32 Å². The van der Waals surface area contributed by atoms with Crippen LogP contribution in [0.25, 0.3) is 0 Å². The van der Waals surface area contributed by atoms with Gasteiger partial charge in [0.1, 0.15) is 5.82 Å². The summed E-state index contributed by atoms with van der Waals surface area (Å²) >= 11 is 1.36. The zero-order valence-corrected chi connectivity index (χ0v) is 12.2. The molecule has 1 rings (SSSR count). The Bertz CT molecular complexity index is 405. The molecule has 0 saturated heterocycles. The van der Waals surface area contributed by atoms with Gasteiger partial charge in [0, 0.05) is 12.3 Å². The molecule has 2 nitrogen and oxygen atoms in total. The van der Waals surface area contributed by atoms with Gasteiger partial charge in [-0.1, -0.05) is 20.8 Å². The first-order valence-corrected chi connectivity index (χ1v) is 7.27. The van der Waals surface area contributed by atoms with Crippen molar-refractivity contribution in [3.63, 3.8) is 0 Å². The van der Waals surface area contributed by atoms with E-state index in [1.165, 1.54) is 11.8 Å². The molecule has 6 heteroatoms. The van der Waals surface area contributed by atoms with Crippen molar-refractivity contribution in [2.75, 3.05) is 17.6 Å². The van der Waals surface area contributed by atoms with Crippen molar-refractivity contribution in [2.24, 2.45) is 5.92 Å². The molecule has 1 N–H and O–H groups in total. The summed E-state index contributed by atoms with van der Waals surface area (Å²) in [5, 5.41) is 3.33. The fraction of sp³-hybridized carbons (Fsp3) is 0.615. The molecule has 108 valence electrons. The lowest BCUT2D eigenvalue weighted by Crippen LogP contribution is -2.09. The van der Waals surface area contributed by atoms with Crippen molar-refractivity contribution in [2.45, 2.75) is 38.4 Å². The lowest BCUT2D eigenvalue weighted by atomic mass is 10.2. The molecular weight excluding hydrogens is 273 g/mol. The number of thioether (sulfide) groups is 1. The normalized spacial score (nSPS) is 11.9. The SMILES string of the molecule is CCCNc1cc(C(F)(F)F)cc(SCC(C)C)n1. The third-order valence-electron chi connectivity index (χ3n) is 2.25. The van der Waals surface area contributed by atoms with Gasteiger partial charge in [-0.05, 0) is 24.5 Å². The van der Waals surface area contributed by atoms with Crippen LogP contribution in [0, 0.1) is 5.92 Å². The van der Waals surface area contributed by atoms with E-state index in [2.05, 4.69) is 10.3 Å². The molecule has 0 unspecified atom stereocenters. The second kappa shape index (κ2) is 7.03. The van der Waals surface area contributed by atoms with E-state index in [9.17, 15) is 13.2 Å². The maximum absolute atomic E-state index is 12.8. The fourth-order valence-electron chi connectivity index (χ4n) is 1.34. The molecule has 0 aromatic carbocycles. The Morgan fingerprint density at radius 1 is 1.32 bits per heavy atom. The summed E-state index contributed by atoms with van der Waals surface area (Å²) in [7, 11) is 0. The number of nitrogens with zero attached hydrogens (tertiary/aromatic N) is 1. The summed E-state index contributed by atoms with van der Waals surface area (Å²) in [6.07, 6.45) is -3.49. The highest BCUT2D eigenvalue weighted by molar-refractivity contribution is 7.99. The van der Waals surface area contributed by atoms with Crippen LogP contribution in [0.5, 0.6) is 0 Å². The quantitative estimate of drug-likeness (QED) is 0.771. The standard InChI is InChI=1S/C13H19F3N2S/c1-4-5-17-11-6-10(13(14,15)16)7-12(18-11)19-8-9(2)3/h6-7,9H,4-5,8H2,1-3H3,(H,17,18). The minimum Gasteiger partial charge on any atom is -0.370 e. The Hall–Kier alpha value is -0.910. The summed E-state index contributed by atoms with van der Waals surface area (Å²) in [5.41, 5.74) is -0.646. The van der Waals surface area contributed by atoms with Crippen molar-refractivity contribution < 1.29 is 13.2 Å². The lowest BCUT2D eigenvalue weighted by molar-refractivity contribution is -0.137. The topological polar surface area (TPSA) is 24.9 Å². The van der Waals surface area contributed by atoms with Crippen molar-refractivity contribution in [1.29, 1.82) is 0 Å². The number of alkyl halides is 3. The van der Waals surface area contributed by atoms with Gasteiger partial charge in [0.25, 0.3) is 0 Å². The fourth-order valence-corrected chi connectivity index (χ4v) is 2.22. The van der Waals surface area contributed by atoms with E-state index in [1.807, 2.05) is 20.8 Å². The number of halogens is 3. The second-order valence-corrected chi connectivity index (χ2v) is 5.75. The van der Waals surface area contributed by atoms with Crippen molar-refractivity contribution in [1.82, 2.24) is 4.98 Å². The second-order valence-electron chi connectivity index (χ2n) is 4.71. The number of aromatic nitrogens is 1. The predicted octanol–water partition coefficient (Wildman–Crippen LogP) is 4.67. The van der Waals surface area contributed by atoms with Crippen LogP contribution < -0.4 is 5.32 Å². The molecule has 19 heavy (non-hydrogen) atoms. The highest BCUT2D eigenvalue weighted by Crippen LogP contribution is 2.33. The summed E-state index contributed by atoms with van der Waals surface area (Å²) in [6, 6.07) is 2.18. The van der Waals surface area contributed by atoms with E-state index in [-0.39, 0.29) is 0 Å². The van der Waals surface area contributed by atoms with Crippen molar-refractivity contribution in [3.05, 3.63) is 17.7 Å². The molecule has 0 fully saturated rings. The lowest BCUT2D eigenvalue weighted by Gasteiger charge is -2.12. The molecule has 0 radical (unpaired) electrons. The van der Waals surface area contributed by atoms with Gasteiger partial charge in [-0.15, -0.1) is 11.8 Å². The van der Waals surface area contributed by atoms with Gasteiger partial charge in [-0.2, -0.15) is 13.2 Å². The zero-order valence-electron chi connectivity index (χ0n) is 11.3. The van der Waals surface area contributed by atoms with Crippen LogP contribution in [0.4, 0.5) is 19.0 Å². The van der Waals surface area contributed by atoms with Crippen LogP contribution in [0.1, 0.15) is 32.8 Å². The van der Waals surface area contributed by atoms with Crippen LogP contribution >= 0.6 is 11.8 Å². The molecule has 0 atom stereocenters. The number of rotatable bonds is 6. The van der Waals surface area contributed by atoms with Crippen LogP contribution in [0.15, 0.2) is 17.2 Å². The van der Waals surface area contributed by atoms with Gasteiger partial charge >= 0.3 is 6.18 Å². The molecule has 0 aliphatic heterocycles. The van der Waals surface area contributed by atoms with E-state index in [0.29, 0.717) is 23.3 Å². The van der Waals surface area contributed by atoms with Gasteiger partial charge in [-0.3, -0.25) is 0 Å². The Morgan fingerprint density at radius 2 is 2.00 bits per heavy atom. The van der Waals surface area contributed by atoms with Gasteiger partial charge in [-0.25, -0.2) is 4.98 Å². The van der Waals surface area contributed by atoms with Crippen LogP contribution in [-0.2, 0) is 6.18 Å². The number of hydrogen-bond acceptors (Lipinski definition) is 3. The monoisotopic (exact) mass is 292 g/mol. The molecule has 1 aromatic heterocycles. The molecule has 0 aliphatic carbocycles. The molecule has 0 saturated carbocycles. The largest absolute Gasteiger partial charge is 0.416 e. The molecule has 0 aliphatic rings. The van der Waals surface area contributed by atoms with E-state index in [4.69, 9.17) is 0 Å². The number of anilines is 1. The predicted molar refractivity (Wildman–Crippen MR) is 73.6 cm³/mol. The average Bonchev–Trinajstić information content (AvgIpc) is 2.32. The summed E-state index contributed by atoms with van der Waals surface area (Å²) in [5.74, 6) is 1.46. The maximum atomic E-state index is 12.8. The summed E-state index contributed by atoms with van der Waals surface area (Å²) < 4.78 is 38.4. The first-order valence-electron chi connectivity index (χ1n) is 6.29. The first-order chi connectivity index (χ1) is 8.82. The third-order valence-corrected chi connectivity index (χ3v) is 3.59. The molecule has 0 spiro atoms. The van der Waals surface area contributed by atoms with Crippen LogP contribution in [-0.4, -0.2) is 17.3 Å². The van der Waals surface area contributed by atoms with E-state index in [1.54, 1.807) is 0 Å². The third kappa shape index (κ3) is 5.72. The smallest absolute Gasteiger partial charge is 0.370 e. The number of nitrogens with one attached hydrogen (secondary N) is 1. The van der Waals surface area contributed by atoms with E-state index >= 15 is 0 Å². The van der Waals surface area contributed by atoms with Gasteiger partial charge in [0.05, 0.1) is 10.6 Å². The van der Waals surface area contributed by atoms with Gasteiger partial charge in [0.15, 0.2) is 0 Å². The van der Waals surface area contributed by atoms with Crippen LogP contribution in [0.2, 0.25) is 0 Å². The average molecular weight is 292 g/mol. The minimum atomic E-state index is -4.33. The van der Waals surface area contributed by atoms with Gasteiger partial charge in [0.2, 0.25) is 0 Å². The minimum absolute atomic E-state index is 0.294. The highest BCUT2D eigenvalue weighted by atomic mass is 32.2. The Morgan fingerprint density at radius 3 is 2.53 bits per heavy atom. The van der Waals surface area contributed by atoms with Crippen LogP contribution in [0.3, 0.4) is 0 Å².